The number of piperazine rings is 1. The van der Waals surface area contributed by atoms with Crippen LogP contribution >= 0.6 is 12.4 Å². The van der Waals surface area contributed by atoms with Crippen molar-refractivity contribution in [2.75, 3.05) is 33.2 Å². The van der Waals surface area contributed by atoms with E-state index < -0.39 is 0 Å². The van der Waals surface area contributed by atoms with E-state index in [1.165, 1.54) is 31.4 Å². The minimum atomic E-state index is -0.169. The van der Waals surface area contributed by atoms with Crippen molar-refractivity contribution in [3.8, 4) is 0 Å². The van der Waals surface area contributed by atoms with E-state index in [4.69, 9.17) is 4.74 Å². The molecule has 0 bridgehead atoms. The summed E-state index contributed by atoms with van der Waals surface area (Å²) in [6.07, 6.45) is 10.2. The third-order valence-corrected chi connectivity index (χ3v) is 10.9. The maximum Gasteiger partial charge on any atom is 0.307 e. The Balaban J connectivity index is 0.00000216. The van der Waals surface area contributed by atoms with E-state index in [2.05, 4.69) is 23.8 Å². The number of hydrogen-bond acceptors (Lipinski definition) is 5. The molecular formula is C26H39ClN2O3. The highest BCUT2D eigenvalue weighted by Crippen LogP contribution is 2.83. The third kappa shape index (κ3) is 2.99. The second kappa shape index (κ2) is 7.46. The lowest BCUT2D eigenvalue weighted by Crippen LogP contribution is -2.50. The number of carbonyl (C=O) groups is 2. The van der Waals surface area contributed by atoms with Gasteiger partial charge in [0.05, 0.1) is 5.70 Å². The van der Waals surface area contributed by atoms with Crippen LogP contribution in [0.4, 0.5) is 0 Å². The summed E-state index contributed by atoms with van der Waals surface area (Å²) in [4.78, 5) is 29.6. The molecule has 0 spiro atoms. The Labute approximate surface area is 198 Å². The molecule has 5 fully saturated rings. The number of fused-ring (bicyclic) bond motifs is 3. The SMILES string of the molecule is CC(=O)OC1=C(N2CCN(C)CC2)C[C@@]23C[C@@]2(CC[C@@H]2[C@@H]3CC[C@]3(C)C(=O)CC[C@@H]23)C1.Cl. The quantitative estimate of drug-likeness (QED) is 0.569. The fraction of sp³-hybridized carbons (Fsp3) is 0.846. The number of esters is 1. The van der Waals surface area contributed by atoms with Gasteiger partial charge in [0.25, 0.3) is 0 Å². The number of likely N-dealkylation sites (N-methyl/N-ethyl adjacent to an activating group) is 1. The Hall–Kier alpha value is -1.07. The lowest BCUT2D eigenvalue weighted by molar-refractivity contribution is -0.138. The van der Waals surface area contributed by atoms with Gasteiger partial charge < -0.3 is 14.5 Å². The van der Waals surface area contributed by atoms with Gasteiger partial charge >= 0.3 is 5.97 Å². The summed E-state index contributed by atoms with van der Waals surface area (Å²) in [6, 6.07) is 0. The van der Waals surface area contributed by atoms with Crippen LogP contribution in [0.3, 0.4) is 0 Å². The first-order valence-electron chi connectivity index (χ1n) is 12.7. The molecule has 5 aliphatic carbocycles. The van der Waals surface area contributed by atoms with Crippen molar-refractivity contribution in [2.24, 2.45) is 34.0 Å². The number of halogens is 1. The molecule has 0 aromatic rings. The topological polar surface area (TPSA) is 49.9 Å². The Kier molecular flexibility index (Phi) is 5.30. The van der Waals surface area contributed by atoms with Gasteiger partial charge in [0.15, 0.2) is 0 Å². The average molecular weight is 463 g/mol. The molecule has 0 N–H and O–H groups in total. The molecule has 0 radical (unpaired) electrons. The molecule has 0 aromatic heterocycles. The van der Waals surface area contributed by atoms with Crippen LogP contribution < -0.4 is 0 Å². The van der Waals surface area contributed by atoms with Crippen LogP contribution in [-0.4, -0.2) is 54.8 Å². The number of carbonyl (C=O) groups excluding carboxylic acids is 2. The molecule has 6 rings (SSSR count). The first-order valence-corrected chi connectivity index (χ1v) is 12.7. The van der Waals surface area contributed by atoms with Gasteiger partial charge in [-0.3, -0.25) is 9.59 Å². The molecule has 6 heteroatoms. The lowest BCUT2D eigenvalue weighted by Gasteiger charge is -2.54. The maximum atomic E-state index is 12.7. The average Bonchev–Trinajstić information content (AvgIpc) is 3.31. The van der Waals surface area contributed by atoms with Gasteiger partial charge in [-0.2, -0.15) is 0 Å². The van der Waals surface area contributed by atoms with Gasteiger partial charge in [0.1, 0.15) is 11.5 Å². The maximum absolute atomic E-state index is 12.7. The van der Waals surface area contributed by atoms with Crippen molar-refractivity contribution >= 4 is 24.2 Å². The summed E-state index contributed by atoms with van der Waals surface area (Å²) in [6.45, 7) is 8.04. The van der Waals surface area contributed by atoms with Crippen molar-refractivity contribution in [3.05, 3.63) is 11.5 Å². The molecular weight excluding hydrogens is 424 g/mol. The Morgan fingerprint density at radius 1 is 1.03 bits per heavy atom. The fourth-order valence-corrected chi connectivity index (χ4v) is 9.16. The Morgan fingerprint density at radius 2 is 1.78 bits per heavy atom. The van der Waals surface area contributed by atoms with Gasteiger partial charge in [-0.1, -0.05) is 6.92 Å². The van der Waals surface area contributed by atoms with Crippen molar-refractivity contribution in [1.29, 1.82) is 0 Å². The summed E-state index contributed by atoms with van der Waals surface area (Å²) in [7, 11) is 2.19. The van der Waals surface area contributed by atoms with Gasteiger partial charge in [-0.25, -0.2) is 0 Å². The zero-order valence-corrected chi connectivity index (χ0v) is 20.8. The van der Waals surface area contributed by atoms with E-state index >= 15 is 0 Å². The largest absolute Gasteiger partial charge is 0.429 e. The van der Waals surface area contributed by atoms with Crippen LogP contribution in [0.25, 0.3) is 0 Å². The second-order valence-electron chi connectivity index (χ2n) is 12.1. The summed E-state index contributed by atoms with van der Waals surface area (Å²) in [5, 5.41) is 0. The lowest BCUT2D eigenvalue weighted by atomic mass is 9.50. The monoisotopic (exact) mass is 462 g/mol. The summed E-state index contributed by atoms with van der Waals surface area (Å²) < 4.78 is 5.90. The Bertz CT molecular complexity index is 865. The molecule has 0 unspecified atom stereocenters. The third-order valence-electron chi connectivity index (χ3n) is 10.9. The summed E-state index contributed by atoms with van der Waals surface area (Å²) in [5.74, 6) is 3.45. The minimum absolute atomic E-state index is 0. The Morgan fingerprint density at radius 3 is 2.50 bits per heavy atom. The zero-order valence-electron chi connectivity index (χ0n) is 20.0. The smallest absolute Gasteiger partial charge is 0.307 e. The first kappa shape index (κ1) is 22.7. The zero-order chi connectivity index (χ0) is 21.6. The van der Waals surface area contributed by atoms with Crippen LogP contribution in [0.2, 0.25) is 0 Å². The number of hydrogen-bond donors (Lipinski definition) is 0. The van der Waals surface area contributed by atoms with Crippen LogP contribution in [0.5, 0.6) is 0 Å². The fourth-order valence-electron chi connectivity index (χ4n) is 9.16. The number of Topliss-reactive ketones (excluding diaryl/α,β-unsaturated/α-hetero) is 1. The molecule has 1 saturated heterocycles. The molecule has 6 atom stereocenters. The van der Waals surface area contributed by atoms with Crippen molar-refractivity contribution in [2.45, 2.75) is 71.6 Å². The van der Waals surface area contributed by atoms with Gasteiger partial charge in [0, 0.05) is 51.4 Å². The number of allylic oxidation sites excluding steroid dienone is 2. The van der Waals surface area contributed by atoms with E-state index in [1.54, 1.807) is 6.92 Å². The van der Waals surface area contributed by atoms with E-state index in [0.29, 0.717) is 22.5 Å². The predicted octanol–water partition coefficient (Wildman–Crippen LogP) is 4.41. The van der Waals surface area contributed by atoms with E-state index in [1.807, 2.05) is 0 Å². The van der Waals surface area contributed by atoms with Crippen molar-refractivity contribution < 1.29 is 14.3 Å². The highest BCUT2D eigenvalue weighted by atomic mass is 35.5. The van der Waals surface area contributed by atoms with Crippen LogP contribution in [-0.2, 0) is 14.3 Å². The molecule has 0 aromatic carbocycles. The van der Waals surface area contributed by atoms with E-state index in [0.717, 1.165) is 75.9 Å². The first-order chi connectivity index (χ1) is 14.8. The molecule has 1 heterocycles. The summed E-state index contributed by atoms with van der Waals surface area (Å²) in [5.41, 5.74) is 2.05. The van der Waals surface area contributed by atoms with Gasteiger partial charge in [-0.15, -0.1) is 12.4 Å². The molecule has 0 amide bonds. The highest BCUT2D eigenvalue weighted by molar-refractivity contribution is 5.87. The van der Waals surface area contributed by atoms with Crippen LogP contribution in [0.1, 0.15) is 71.6 Å². The molecule has 32 heavy (non-hydrogen) atoms. The number of ether oxygens (including phenoxy) is 1. The predicted molar refractivity (Wildman–Crippen MR) is 125 cm³/mol. The van der Waals surface area contributed by atoms with Crippen LogP contribution in [0, 0.1) is 34.0 Å². The summed E-state index contributed by atoms with van der Waals surface area (Å²) >= 11 is 0. The molecule has 5 nitrogen and oxygen atoms in total. The van der Waals surface area contributed by atoms with Gasteiger partial charge in [0.2, 0.25) is 0 Å². The normalized spacial score (nSPS) is 45.3. The number of ketones is 1. The molecule has 6 aliphatic rings. The number of nitrogens with zero attached hydrogens (tertiary/aromatic N) is 2. The van der Waals surface area contributed by atoms with Gasteiger partial charge in [-0.05, 0) is 80.6 Å². The van der Waals surface area contributed by atoms with E-state index in [-0.39, 0.29) is 23.8 Å². The standard InChI is InChI=1S/C26H38N2O3.ClH/c1-17(29)31-22-15-25-9-6-18-19-4-5-23(30)24(19,2)8-7-20(18)26(25,16-25)14-21(22)28-12-10-27(3)11-13-28;/h18-20H,4-16H2,1-3H3;1H/t18-,19-,20-,24-,25+,26-;/m0./s1. The second-order valence-corrected chi connectivity index (χ2v) is 12.1. The van der Waals surface area contributed by atoms with Crippen molar-refractivity contribution in [1.82, 2.24) is 9.80 Å². The number of rotatable bonds is 2. The highest BCUT2D eigenvalue weighted by Gasteiger charge is 2.76. The molecule has 1 aliphatic heterocycles. The van der Waals surface area contributed by atoms with Crippen molar-refractivity contribution in [3.63, 3.8) is 0 Å². The molecule has 178 valence electrons. The van der Waals surface area contributed by atoms with E-state index in [9.17, 15) is 9.59 Å². The minimum Gasteiger partial charge on any atom is -0.429 e. The molecule has 4 saturated carbocycles. The van der Waals surface area contributed by atoms with Crippen LogP contribution in [0.15, 0.2) is 11.5 Å².